The minimum absolute atomic E-state index is 0.354. The van der Waals surface area contributed by atoms with E-state index in [0.717, 1.165) is 0 Å². The van der Waals surface area contributed by atoms with E-state index in [0.29, 0.717) is 15.6 Å². The van der Waals surface area contributed by atoms with Crippen molar-refractivity contribution < 1.29 is 14.3 Å². The zero-order chi connectivity index (χ0) is 13.7. The molecule has 96 valence electrons. The Kier molecular flexibility index (Phi) is 4.20. The van der Waals surface area contributed by atoms with Gasteiger partial charge in [0.15, 0.2) is 0 Å². The number of para-hydroxylation sites is 1. The van der Waals surface area contributed by atoms with Crippen LogP contribution in [0, 0.1) is 0 Å². The fourth-order valence-electron chi connectivity index (χ4n) is 1.42. The average molecular weight is 273 g/mol. The van der Waals surface area contributed by atoms with Crippen LogP contribution in [0.3, 0.4) is 0 Å². The number of hydrogen-bond acceptors (Lipinski definition) is 4. The van der Waals surface area contributed by atoms with Gasteiger partial charge in [0.05, 0.1) is 0 Å². The Morgan fingerprint density at radius 3 is 2.00 bits per heavy atom. The SMILES string of the molecule is O=C(Oc1ccccc1)N(S)C(=O)c1ccccc1. The van der Waals surface area contributed by atoms with Crippen molar-refractivity contribution in [2.75, 3.05) is 0 Å². The maximum Gasteiger partial charge on any atom is 0.432 e. The third-order valence-electron chi connectivity index (χ3n) is 2.33. The molecule has 0 aliphatic heterocycles. The smallest absolute Gasteiger partial charge is 0.409 e. The molecule has 4 nitrogen and oxygen atoms in total. The Hall–Kier alpha value is -2.27. The summed E-state index contributed by atoms with van der Waals surface area (Å²) in [5.74, 6) is -0.183. The molecule has 0 unspecified atom stereocenters. The quantitative estimate of drug-likeness (QED) is 0.855. The van der Waals surface area contributed by atoms with Gasteiger partial charge in [0.2, 0.25) is 0 Å². The van der Waals surface area contributed by atoms with Gasteiger partial charge >= 0.3 is 6.09 Å². The molecule has 0 spiro atoms. The van der Waals surface area contributed by atoms with E-state index >= 15 is 0 Å². The van der Waals surface area contributed by atoms with Crippen molar-refractivity contribution in [2.24, 2.45) is 0 Å². The average Bonchev–Trinajstić information content (AvgIpc) is 2.47. The molecule has 0 fully saturated rings. The van der Waals surface area contributed by atoms with Crippen LogP contribution in [-0.2, 0) is 0 Å². The predicted octanol–water partition coefficient (Wildman–Crippen LogP) is 3.17. The standard InChI is InChI=1S/C14H11NO3S/c16-13(11-7-3-1-4-8-11)15(19)14(17)18-12-9-5-2-6-10-12/h1-10,19H. The van der Waals surface area contributed by atoms with Crippen LogP contribution in [-0.4, -0.2) is 16.3 Å². The highest BCUT2D eigenvalue weighted by atomic mass is 32.1. The van der Waals surface area contributed by atoms with Crippen LogP contribution in [0.25, 0.3) is 0 Å². The number of carbonyl (C=O) groups is 2. The lowest BCUT2D eigenvalue weighted by Crippen LogP contribution is -2.31. The van der Waals surface area contributed by atoms with Crippen LogP contribution in [0.2, 0.25) is 0 Å². The molecule has 0 saturated carbocycles. The molecule has 0 N–H and O–H groups in total. The Balaban J connectivity index is 2.06. The largest absolute Gasteiger partial charge is 0.432 e. The topological polar surface area (TPSA) is 46.6 Å². The van der Waals surface area contributed by atoms with Gasteiger partial charge in [-0.3, -0.25) is 4.79 Å². The van der Waals surface area contributed by atoms with E-state index in [9.17, 15) is 9.59 Å². The first-order valence-corrected chi connectivity index (χ1v) is 5.94. The number of hydrogen-bond donors (Lipinski definition) is 1. The van der Waals surface area contributed by atoms with E-state index in [1.54, 1.807) is 60.7 Å². The lowest BCUT2D eigenvalue weighted by atomic mass is 10.2. The van der Waals surface area contributed by atoms with Gasteiger partial charge in [0.1, 0.15) is 5.75 Å². The van der Waals surface area contributed by atoms with E-state index in [4.69, 9.17) is 4.74 Å². The molecule has 2 aromatic carbocycles. The summed E-state index contributed by atoms with van der Waals surface area (Å²) in [6.07, 6.45) is -0.844. The van der Waals surface area contributed by atoms with Crippen molar-refractivity contribution in [3.05, 3.63) is 66.2 Å². The molecule has 2 amide bonds. The normalized spacial score (nSPS) is 9.74. The molecule has 0 aromatic heterocycles. The Morgan fingerprint density at radius 1 is 0.895 bits per heavy atom. The van der Waals surface area contributed by atoms with Crippen molar-refractivity contribution in [1.29, 1.82) is 0 Å². The van der Waals surface area contributed by atoms with Crippen molar-refractivity contribution in [1.82, 2.24) is 4.31 Å². The summed E-state index contributed by atoms with van der Waals surface area (Å²) in [7, 11) is 0. The Morgan fingerprint density at radius 2 is 1.42 bits per heavy atom. The number of benzene rings is 2. The molecule has 0 bridgehead atoms. The molecule has 5 heteroatoms. The zero-order valence-corrected chi connectivity index (χ0v) is 10.8. The molecular formula is C14H11NO3S. The van der Waals surface area contributed by atoms with Gasteiger partial charge < -0.3 is 4.74 Å². The minimum atomic E-state index is -0.844. The first kappa shape index (κ1) is 13.2. The molecule has 0 radical (unpaired) electrons. The van der Waals surface area contributed by atoms with Gasteiger partial charge in [-0.15, -0.1) is 0 Å². The summed E-state index contributed by atoms with van der Waals surface area (Å²) in [5, 5.41) is 0. The molecule has 0 atom stereocenters. The lowest BCUT2D eigenvalue weighted by Gasteiger charge is -2.13. The second-order valence-corrected chi connectivity index (χ2v) is 4.06. The van der Waals surface area contributed by atoms with Crippen LogP contribution >= 0.6 is 12.8 Å². The van der Waals surface area contributed by atoms with Gasteiger partial charge in [-0.1, -0.05) is 49.2 Å². The Bertz CT molecular complexity index is 572. The summed E-state index contributed by atoms with van der Waals surface area (Å²) in [6.45, 7) is 0. The summed E-state index contributed by atoms with van der Waals surface area (Å²) in [5.41, 5.74) is 0.363. The summed E-state index contributed by atoms with van der Waals surface area (Å²) in [4.78, 5) is 23.7. The fraction of sp³-hybridized carbons (Fsp3) is 0. The second-order valence-electron chi connectivity index (χ2n) is 3.66. The van der Waals surface area contributed by atoms with Crippen molar-refractivity contribution >= 4 is 24.8 Å². The number of rotatable bonds is 2. The highest BCUT2D eigenvalue weighted by molar-refractivity contribution is 7.79. The third-order valence-corrected chi connectivity index (χ3v) is 2.68. The van der Waals surface area contributed by atoms with Gasteiger partial charge in [-0.2, -0.15) is 4.31 Å². The number of carbonyl (C=O) groups excluding carboxylic acids is 2. The fourth-order valence-corrected chi connectivity index (χ4v) is 1.57. The first-order valence-electron chi connectivity index (χ1n) is 5.54. The van der Waals surface area contributed by atoms with E-state index in [1.165, 1.54) is 0 Å². The van der Waals surface area contributed by atoms with Gasteiger partial charge in [-0.25, -0.2) is 4.79 Å². The molecular weight excluding hydrogens is 262 g/mol. The Labute approximate surface area is 116 Å². The maximum atomic E-state index is 11.9. The second kappa shape index (κ2) is 6.06. The minimum Gasteiger partial charge on any atom is -0.409 e. The van der Waals surface area contributed by atoms with Gasteiger partial charge in [-0.05, 0) is 24.3 Å². The van der Waals surface area contributed by atoms with Crippen molar-refractivity contribution in [3.63, 3.8) is 0 Å². The van der Waals surface area contributed by atoms with Gasteiger partial charge in [0.25, 0.3) is 5.91 Å². The highest BCUT2D eigenvalue weighted by Crippen LogP contribution is 2.13. The van der Waals surface area contributed by atoms with Gasteiger partial charge in [0, 0.05) is 5.56 Å². The van der Waals surface area contributed by atoms with Crippen LogP contribution in [0.4, 0.5) is 4.79 Å². The lowest BCUT2D eigenvalue weighted by molar-refractivity contribution is 0.0869. The molecule has 2 rings (SSSR count). The van der Waals surface area contributed by atoms with Crippen molar-refractivity contribution in [2.45, 2.75) is 0 Å². The third kappa shape index (κ3) is 3.35. The van der Waals surface area contributed by atoms with Crippen molar-refractivity contribution in [3.8, 4) is 5.75 Å². The zero-order valence-electron chi connectivity index (χ0n) is 9.89. The van der Waals surface area contributed by atoms with Crippen LogP contribution in [0.5, 0.6) is 5.75 Å². The van der Waals surface area contributed by atoms with E-state index in [1.807, 2.05) is 0 Å². The van der Waals surface area contributed by atoms with E-state index < -0.39 is 12.0 Å². The molecule has 19 heavy (non-hydrogen) atoms. The molecule has 2 aromatic rings. The predicted molar refractivity (Wildman–Crippen MR) is 74.1 cm³/mol. The molecule has 0 heterocycles. The van der Waals surface area contributed by atoms with E-state index in [2.05, 4.69) is 12.8 Å². The summed E-state index contributed by atoms with van der Waals surface area (Å²) < 4.78 is 5.65. The van der Waals surface area contributed by atoms with E-state index in [-0.39, 0.29) is 0 Å². The summed E-state index contributed by atoms with van der Waals surface area (Å²) in [6, 6.07) is 16.9. The van der Waals surface area contributed by atoms with Crippen LogP contribution in [0.15, 0.2) is 60.7 Å². The molecule has 0 aliphatic rings. The van der Waals surface area contributed by atoms with Crippen LogP contribution in [0.1, 0.15) is 10.4 Å². The monoisotopic (exact) mass is 273 g/mol. The van der Waals surface area contributed by atoms with Crippen LogP contribution < -0.4 is 4.74 Å². The molecule has 0 saturated heterocycles. The first-order chi connectivity index (χ1) is 9.18. The number of thiol groups is 1. The number of imide groups is 1. The number of nitrogens with zero attached hydrogens (tertiary/aromatic N) is 1. The number of ether oxygens (including phenoxy) is 1. The maximum absolute atomic E-state index is 11.9. The highest BCUT2D eigenvalue weighted by Gasteiger charge is 2.21. The number of amides is 2. The molecule has 0 aliphatic carbocycles. The summed E-state index contributed by atoms with van der Waals surface area (Å²) >= 11 is 3.87.